The van der Waals surface area contributed by atoms with Crippen molar-refractivity contribution >= 4 is 34.2 Å². The number of carbonyl (C=O) groups is 2. The fraction of sp³-hybridized carbons (Fsp3) is 0.600. The van der Waals surface area contributed by atoms with Crippen molar-refractivity contribution in [2.45, 2.75) is 86.5 Å². The van der Waals surface area contributed by atoms with Crippen molar-refractivity contribution in [3.63, 3.8) is 0 Å². The van der Waals surface area contributed by atoms with Gasteiger partial charge in [0, 0.05) is 47.8 Å². The molecule has 0 fully saturated rings. The number of carbonyl (C=O) groups excluding carboxylic acids is 2. The van der Waals surface area contributed by atoms with E-state index >= 15 is 0 Å². The van der Waals surface area contributed by atoms with Crippen LogP contribution in [0.3, 0.4) is 0 Å². The minimum absolute atomic E-state index is 0.108. The van der Waals surface area contributed by atoms with Crippen LogP contribution in [0.1, 0.15) is 92.1 Å². The minimum Gasteiger partial charge on any atom is -0.490 e. The van der Waals surface area contributed by atoms with Crippen molar-refractivity contribution in [1.82, 2.24) is 4.90 Å². The van der Waals surface area contributed by atoms with Gasteiger partial charge in [-0.15, -0.1) is 0 Å². The van der Waals surface area contributed by atoms with Gasteiger partial charge in [-0.05, 0) is 84.2 Å². The van der Waals surface area contributed by atoms with Crippen LogP contribution >= 0.6 is 22.6 Å². The molecule has 0 N–H and O–H groups in total. The van der Waals surface area contributed by atoms with Crippen LogP contribution < -0.4 is 9.47 Å². The maximum absolute atomic E-state index is 13.8. The molecular weight excluding hydrogens is 565 g/mol. The summed E-state index contributed by atoms with van der Waals surface area (Å²) in [5, 5.41) is 0. The lowest BCUT2D eigenvalue weighted by Gasteiger charge is -2.49. The highest BCUT2D eigenvalue weighted by Gasteiger charge is 2.48. The second kappa shape index (κ2) is 10.1. The first-order valence-electron chi connectivity index (χ1n) is 13.3. The number of allylic oxidation sites excluding steroid dienone is 4. The van der Waals surface area contributed by atoms with E-state index in [2.05, 4.69) is 75.1 Å². The van der Waals surface area contributed by atoms with Crippen molar-refractivity contribution in [1.29, 1.82) is 0 Å². The molecule has 5 nitrogen and oxygen atoms in total. The Morgan fingerprint density at radius 3 is 1.92 bits per heavy atom. The van der Waals surface area contributed by atoms with E-state index in [1.807, 2.05) is 13.0 Å². The molecule has 0 unspecified atom stereocenters. The van der Waals surface area contributed by atoms with Crippen LogP contribution in [0, 0.1) is 14.4 Å². The molecule has 0 radical (unpaired) electrons. The van der Waals surface area contributed by atoms with Gasteiger partial charge >= 0.3 is 0 Å². The highest BCUT2D eigenvalue weighted by molar-refractivity contribution is 14.1. The third kappa shape index (κ3) is 4.99. The van der Waals surface area contributed by atoms with Gasteiger partial charge in [-0.1, -0.05) is 34.6 Å². The molecule has 0 bridgehead atoms. The lowest BCUT2D eigenvalue weighted by Crippen LogP contribution is -2.44. The van der Waals surface area contributed by atoms with Crippen LogP contribution in [0.2, 0.25) is 0 Å². The first-order valence-corrected chi connectivity index (χ1v) is 14.4. The molecule has 3 aliphatic rings. The second-order valence-corrected chi connectivity index (χ2v) is 13.1. The minimum atomic E-state index is -0.363. The predicted octanol–water partition coefficient (Wildman–Crippen LogP) is 7.18. The molecule has 1 aromatic carbocycles. The monoisotopic (exact) mass is 605 g/mol. The van der Waals surface area contributed by atoms with E-state index in [9.17, 15) is 9.59 Å². The molecule has 0 spiro atoms. The smallest absolute Gasteiger partial charge is 0.174 e. The Kier molecular flexibility index (Phi) is 7.67. The van der Waals surface area contributed by atoms with E-state index in [1.54, 1.807) is 0 Å². The predicted molar refractivity (Wildman–Crippen MR) is 151 cm³/mol. The summed E-state index contributed by atoms with van der Waals surface area (Å²) in [6.07, 6.45) is 3.55. The van der Waals surface area contributed by atoms with Crippen molar-refractivity contribution in [3.05, 3.63) is 43.8 Å². The SMILES string of the molecule is CCCOc1c(I)cc(C2C3=C(CC(C)(C)CC3=O)N(CC)C3=C2C(=O)CC(C)(C)C3)cc1OCC. The number of ketones is 2. The Morgan fingerprint density at radius 1 is 0.889 bits per heavy atom. The molecule has 1 heterocycles. The number of halogens is 1. The van der Waals surface area contributed by atoms with Crippen molar-refractivity contribution in [2.24, 2.45) is 10.8 Å². The van der Waals surface area contributed by atoms with E-state index in [1.165, 1.54) is 0 Å². The Labute approximate surface area is 229 Å². The van der Waals surface area contributed by atoms with Crippen LogP contribution in [0.25, 0.3) is 0 Å². The third-order valence-electron chi connectivity index (χ3n) is 7.45. The molecule has 0 amide bonds. The number of hydrogen-bond acceptors (Lipinski definition) is 5. The first-order chi connectivity index (χ1) is 16.9. The lowest BCUT2D eigenvalue weighted by molar-refractivity contribution is -0.119. The Hall–Kier alpha value is -1.83. The highest BCUT2D eigenvalue weighted by Crippen LogP contribution is 2.55. The van der Waals surface area contributed by atoms with Crippen LogP contribution in [-0.2, 0) is 9.59 Å². The van der Waals surface area contributed by atoms with Crippen LogP contribution in [0.4, 0.5) is 0 Å². The largest absolute Gasteiger partial charge is 0.490 e. The Balaban J connectivity index is 1.98. The van der Waals surface area contributed by atoms with Gasteiger partial charge in [-0.25, -0.2) is 0 Å². The van der Waals surface area contributed by atoms with Gasteiger partial charge in [0.25, 0.3) is 0 Å². The maximum Gasteiger partial charge on any atom is 0.174 e. The van der Waals surface area contributed by atoms with Crippen molar-refractivity contribution < 1.29 is 19.1 Å². The zero-order valence-electron chi connectivity index (χ0n) is 22.8. The molecule has 6 heteroatoms. The van der Waals surface area contributed by atoms with E-state index in [0.717, 1.165) is 63.2 Å². The molecule has 1 aromatic rings. The fourth-order valence-electron chi connectivity index (χ4n) is 6.12. The number of hydrogen-bond donors (Lipinski definition) is 0. The molecule has 1 aliphatic heterocycles. The van der Waals surface area contributed by atoms with Gasteiger partial charge in [-0.3, -0.25) is 9.59 Å². The summed E-state index contributed by atoms with van der Waals surface area (Å²) in [6, 6.07) is 4.11. The van der Waals surface area contributed by atoms with Crippen LogP contribution in [0.5, 0.6) is 11.5 Å². The van der Waals surface area contributed by atoms with Crippen molar-refractivity contribution in [2.75, 3.05) is 19.8 Å². The number of rotatable bonds is 7. The zero-order valence-corrected chi connectivity index (χ0v) is 25.0. The topological polar surface area (TPSA) is 55.8 Å². The normalized spacial score (nSPS) is 21.5. The Bertz CT molecular complexity index is 1090. The summed E-state index contributed by atoms with van der Waals surface area (Å²) in [5.41, 5.74) is 4.56. The van der Waals surface area contributed by atoms with Gasteiger partial charge in [0.05, 0.1) is 16.8 Å². The molecule has 0 saturated carbocycles. The summed E-state index contributed by atoms with van der Waals surface area (Å²) < 4.78 is 13.0. The number of benzene rings is 1. The standard InChI is InChI=1S/C30H40INO4/c1-8-11-36-28-19(31)12-18(13-24(28)35-10-3)25-26-20(14-29(4,5)16-22(26)33)32(9-2)21-15-30(6,7)17-23(34)27(21)25/h12-13,25H,8-11,14-17H2,1-7H3. The molecule has 4 rings (SSSR count). The molecule has 0 atom stereocenters. The molecule has 2 aliphatic carbocycles. The molecule has 0 saturated heterocycles. The van der Waals surface area contributed by atoms with E-state index in [4.69, 9.17) is 9.47 Å². The quantitative estimate of drug-likeness (QED) is 0.308. The van der Waals surface area contributed by atoms with Gasteiger partial charge < -0.3 is 14.4 Å². The van der Waals surface area contributed by atoms with E-state index in [0.29, 0.717) is 31.8 Å². The number of ether oxygens (including phenoxy) is 2. The zero-order chi connectivity index (χ0) is 26.4. The number of Topliss-reactive ketones (excluding diaryl/α,β-unsaturated/α-hetero) is 2. The van der Waals surface area contributed by atoms with Crippen LogP contribution in [-0.4, -0.2) is 36.2 Å². The van der Waals surface area contributed by atoms with Crippen LogP contribution in [0.15, 0.2) is 34.7 Å². The average molecular weight is 606 g/mol. The van der Waals surface area contributed by atoms with Gasteiger partial charge in [-0.2, -0.15) is 0 Å². The molecule has 36 heavy (non-hydrogen) atoms. The summed E-state index contributed by atoms with van der Waals surface area (Å²) in [6.45, 7) is 16.7. The van der Waals surface area contributed by atoms with Crippen molar-refractivity contribution in [3.8, 4) is 11.5 Å². The molecule has 196 valence electrons. The number of nitrogens with zero attached hydrogens (tertiary/aromatic N) is 1. The summed E-state index contributed by atoms with van der Waals surface area (Å²) in [7, 11) is 0. The van der Waals surface area contributed by atoms with E-state index < -0.39 is 0 Å². The average Bonchev–Trinajstić information content (AvgIpc) is 2.75. The maximum atomic E-state index is 13.8. The summed E-state index contributed by atoms with van der Waals surface area (Å²) in [4.78, 5) is 29.9. The fourth-order valence-corrected chi connectivity index (χ4v) is 6.91. The van der Waals surface area contributed by atoms with Gasteiger partial charge in [0.1, 0.15) is 0 Å². The second-order valence-electron chi connectivity index (χ2n) is 11.9. The van der Waals surface area contributed by atoms with Gasteiger partial charge in [0.15, 0.2) is 23.1 Å². The van der Waals surface area contributed by atoms with E-state index in [-0.39, 0.29) is 28.3 Å². The van der Waals surface area contributed by atoms with Gasteiger partial charge in [0.2, 0.25) is 0 Å². The summed E-state index contributed by atoms with van der Waals surface area (Å²) in [5.74, 6) is 1.38. The lowest BCUT2D eigenvalue weighted by atomic mass is 9.63. The molecule has 0 aromatic heterocycles. The highest BCUT2D eigenvalue weighted by atomic mass is 127. The first kappa shape index (κ1) is 27.2. The molecular formula is C30H40INO4. The Morgan fingerprint density at radius 2 is 1.44 bits per heavy atom. The summed E-state index contributed by atoms with van der Waals surface area (Å²) >= 11 is 2.30. The third-order valence-corrected chi connectivity index (χ3v) is 8.25.